The van der Waals surface area contributed by atoms with Crippen molar-refractivity contribution in [3.63, 3.8) is 0 Å². The third kappa shape index (κ3) is 6.17. The van der Waals surface area contributed by atoms with E-state index in [1.54, 1.807) is 0 Å². The Kier molecular flexibility index (Phi) is 8.83. The molecule has 2 atom stereocenters. The highest BCUT2D eigenvalue weighted by Crippen LogP contribution is 2.28. The van der Waals surface area contributed by atoms with Gasteiger partial charge in [0, 0.05) is 25.7 Å². The van der Waals surface area contributed by atoms with Gasteiger partial charge in [0.05, 0.1) is 12.5 Å². The molecule has 32 heavy (non-hydrogen) atoms. The van der Waals surface area contributed by atoms with Gasteiger partial charge in [-0.15, -0.1) is 0 Å². The summed E-state index contributed by atoms with van der Waals surface area (Å²) in [5, 5.41) is 9.75. The first-order valence-electron chi connectivity index (χ1n) is 11.1. The molecule has 3 N–H and O–H groups in total. The summed E-state index contributed by atoms with van der Waals surface area (Å²) in [6.45, 7) is 4.99. The van der Waals surface area contributed by atoms with Crippen LogP contribution < -0.4 is 15.8 Å². The first kappa shape index (κ1) is 24.4. The van der Waals surface area contributed by atoms with Gasteiger partial charge in [0.2, 0.25) is 23.4 Å². The summed E-state index contributed by atoms with van der Waals surface area (Å²) < 4.78 is 15.2. The average molecular weight is 472 g/mol. The van der Waals surface area contributed by atoms with Crippen molar-refractivity contribution in [1.29, 1.82) is 0 Å². The fourth-order valence-corrected chi connectivity index (χ4v) is 4.46. The fourth-order valence-electron chi connectivity index (χ4n) is 4.30. The monoisotopic (exact) mass is 471 g/mol. The van der Waals surface area contributed by atoms with E-state index in [-0.39, 0.29) is 29.9 Å². The van der Waals surface area contributed by atoms with Crippen LogP contribution >= 0.6 is 11.6 Å². The zero-order valence-corrected chi connectivity index (χ0v) is 19.0. The van der Waals surface area contributed by atoms with E-state index in [0.717, 1.165) is 38.8 Å². The van der Waals surface area contributed by atoms with E-state index in [1.165, 1.54) is 6.42 Å². The number of rotatable bonds is 10. The number of hydrazine groups is 1. The number of piperazine rings is 1. The molecule has 2 aliphatic rings. The van der Waals surface area contributed by atoms with Gasteiger partial charge in [-0.25, -0.2) is 5.06 Å². The topological polar surface area (TPSA) is 114 Å². The van der Waals surface area contributed by atoms with Crippen molar-refractivity contribution in [2.24, 2.45) is 5.92 Å². The van der Waals surface area contributed by atoms with Gasteiger partial charge < -0.3 is 4.90 Å². The first-order valence-corrected chi connectivity index (χ1v) is 11.5. The largest absolute Gasteiger partial charge is 0.351 e. The molecule has 2 aliphatic heterocycles. The van der Waals surface area contributed by atoms with Crippen molar-refractivity contribution >= 4 is 35.6 Å². The van der Waals surface area contributed by atoms with Crippen LogP contribution in [0.5, 0.6) is 0 Å². The number of nitrogens with one attached hydrogen (secondary N) is 2. The third-order valence-electron chi connectivity index (χ3n) is 6.05. The Morgan fingerprint density at radius 3 is 2.94 bits per heavy atom. The quantitative estimate of drug-likeness (QED) is 0.205. The summed E-state index contributed by atoms with van der Waals surface area (Å²) in [5.41, 5.74) is 4.92. The molecule has 10 nitrogen and oxygen atoms in total. The number of piperidine rings is 1. The minimum Gasteiger partial charge on any atom is -0.351 e. The van der Waals surface area contributed by atoms with Gasteiger partial charge in [-0.05, 0) is 37.4 Å². The van der Waals surface area contributed by atoms with E-state index >= 15 is 4.39 Å². The molecular formula is C20H31ClFN7O3. The van der Waals surface area contributed by atoms with E-state index < -0.39 is 17.6 Å². The van der Waals surface area contributed by atoms with Crippen molar-refractivity contribution in [1.82, 2.24) is 25.4 Å². The van der Waals surface area contributed by atoms with Crippen LogP contribution in [0.2, 0.25) is 5.28 Å². The number of carbonyl (C=O) groups excluding carboxylic acids is 2. The maximum atomic E-state index is 15.2. The Morgan fingerprint density at radius 1 is 1.38 bits per heavy atom. The van der Waals surface area contributed by atoms with E-state index in [2.05, 4.69) is 25.7 Å². The lowest BCUT2D eigenvalue weighted by atomic mass is 9.99. The summed E-state index contributed by atoms with van der Waals surface area (Å²) in [6.07, 6.45) is 5.70. The van der Waals surface area contributed by atoms with Crippen molar-refractivity contribution in [2.45, 2.75) is 51.5 Å². The van der Waals surface area contributed by atoms with E-state index in [4.69, 9.17) is 11.6 Å². The minimum atomic E-state index is -0.694. The number of hydrogen-bond donors (Lipinski definition) is 3. The van der Waals surface area contributed by atoms with Crippen LogP contribution in [0.1, 0.15) is 45.4 Å². The Balaban J connectivity index is 1.68. The van der Waals surface area contributed by atoms with E-state index in [1.807, 2.05) is 11.8 Å². The highest BCUT2D eigenvalue weighted by atomic mass is 35.5. The molecule has 178 valence electrons. The number of carbonyl (C=O) groups is 2. The number of aromatic nitrogens is 2. The van der Waals surface area contributed by atoms with Gasteiger partial charge in [-0.3, -0.25) is 30.5 Å². The normalized spacial score (nSPS) is 19.8. The van der Waals surface area contributed by atoms with E-state index in [0.29, 0.717) is 30.6 Å². The molecule has 0 unspecified atom stereocenters. The lowest BCUT2D eigenvalue weighted by Gasteiger charge is -2.44. The molecule has 1 aromatic rings. The molecule has 0 spiro atoms. The number of hydrogen-bond acceptors (Lipinski definition) is 8. The van der Waals surface area contributed by atoms with Gasteiger partial charge in [-0.2, -0.15) is 14.4 Å². The molecule has 0 radical (unpaired) electrons. The molecule has 3 heterocycles. The Morgan fingerprint density at radius 2 is 2.19 bits per heavy atom. The van der Waals surface area contributed by atoms with Gasteiger partial charge in [0.15, 0.2) is 11.6 Å². The van der Waals surface area contributed by atoms with Crippen LogP contribution in [0, 0.1) is 11.7 Å². The molecule has 0 aromatic carbocycles. The van der Waals surface area contributed by atoms with Crippen LogP contribution in [0.15, 0.2) is 0 Å². The molecule has 1 aromatic heterocycles. The predicted octanol–water partition coefficient (Wildman–Crippen LogP) is 2.04. The maximum absolute atomic E-state index is 15.2. The van der Waals surface area contributed by atoms with Crippen LogP contribution in [-0.4, -0.2) is 76.2 Å². The standard InChI is InChI=1S/C20H31ClFN7O3/c1-2-3-6-14(11-29(32)13-30)19(31)26-25-17-16(22)18(24-20(21)23-17)28-10-9-27-8-5-4-7-15(27)12-28/h13-15,32H,2-12H2,1H3,(H,26,31)(H,23,24,25)/t14-,15+/m0/s1. The second kappa shape index (κ2) is 11.6. The van der Waals surface area contributed by atoms with Crippen LogP contribution in [0.25, 0.3) is 0 Å². The first-order chi connectivity index (χ1) is 15.4. The lowest BCUT2D eigenvalue weighted by Crippen LogP contribution is -2.55. The maximum Gasteiger partial charge on any atom is 0.243 e. The van der Waals surface area contributed by atoms with Crippen LogP contribution in [0.3, 0.4) is 0 Å². The lowest BCUT2D eigenvalue weighted by molar-refractivity contribution is -0.154. The van der Waals surface area contributed by atoms with Crippen molar-refractivity contribution in [3.8, 4) is 0 Å². The number of unbranched alkanes of at least 4 members (excludes halogenated alkanes) is 1. The zero-order valence-electron chi connectivity index (χ0n) is 18.3. The number of hydroxylamine groups is 2. The highest BCUT2D eigenvalue weighted by Gasteiger charge is 2.31. The molecule has 2 saturated heterocycles. The Labute approximate surface area is 192 Å². The van der Waals surface area contributed by atoms with E-state index in [9.17, 15) is 14.8 Å². The number of amides is 2. The molecule has 2 amide bonds. The smallest absolute Gasteiger partial charge is 0.243 e. The predicted molar refractivity (Wildman–Crippen MR) is 118 cm³/mol. The second-order valence-electron chi connectivity index (χ2n) is 8.29. The number of halogens is 2. The van der Waals surface area contributed by atoms with Gasteiger partial charge >= 0.3 is 0 Å². The molecule has 0 bridgehead atoms. The summed E-state index contributed by atoms with van der Waals surface area (Å²) >= 11 is 6.06. The van der Waals surface area contributed by atoms with Crippen LogP contribution in [0.4, 0.5) is 16.0 Å². The molecular weight excluding hydrogens is 441 g/mol. The summed E-state index contributed by atoms with van der Waals surface area (Å²) in [7, 11) is 0. The molecule has 0 aliphatic carbocycles. The van der Waals surface area contributed by atoms with Gasteiger partial charge in [0.1, 0.15) is 0 Å². The van der Waals surface area contributed by atoms with Gasteiger partial charge in [0.25, 0.3) is 0 Å². The van der Waals surface area contributed by atoms with Crippen molar-refractivity contribution in [2.75, 3.05) is 43.0 Å². The highest BCUT2D eigenvalue weighted by molar-refractivity contribution is 6.28. The molecule has 3 rings (SSSR count). The van der Waals surface area contributed by atoms with Crippen molar-refractivity contribution in [3.05, 3.63) is 11.1 Å². The summed E-state index contributed by atoms with van der Waals surface area (Å²) in [5.74, 6) is -1.98. The van der Waals surface area contributed by atoms with Gasteiger partial charge in [-0.1, -0.05) is 26.2 Å². The molecule has 0 saturated carbocycles. The number of anilines is 2. The minimum absolute atomic E-state index is 0.108. The SMILES string of the molecule is CCCC[C@@H](CN(O)C=O)C(=O)NNc1nc(Cl)nc(N2CCN3CCCC[C@@H]3C2)c1F. The van der Waals surface area contributed by atoms with Crippen LogP contribution in [-0.2, 0) is 9.59 Å². The Bertz CT molecular complexity index is 803. The second-order valence-corrected chi connectivity index (χ2v) is 8.63. The summed E-state index contributed by atoms with van der Waals surface area (Å²) in [4.78, 5) is 35.6. The van der Waals surface area contributed by atoms with Crippen molar-refractivity contribution < 1.29 is 19.2 Å². The third-order valence-corrected chi connectivity index (χ3v) is 6.22. The zero-order chi connectivity index (χ0) is 23.1. The number of nitrogens with zero attached hydrogens (tertiary/aromatic N) is 5. The summed E-state index contributed by atoms with van der Waals surface area (Å²) in [6, 6.07) is 0.361. The Hall–Kier alpha value is -2.24. The fraction of sp³-hybridized carbons (Fsp3) is 0.700. The molecule has 12 heteroatoms. The number of fused-ring (bicyclic) bond motifs is 1. The average Bonchev–Trinajstić information content (AvgIpc) is 2.81. The molecule has 2 fully saturated rings.